The predicted molar refractivity (Wildman–Crippen MR) is 58.0 cm³/mol. The third-order valence-electron chi connectivity index (χ3n) is 2.41. The lowest BCUT2D eigenvalue weighted by molar-refractivity contribution is 0.111. The molecule has 3 heteroatoms. The smallest absolute Gasteiger partial charge is 0.0616 e. The minimum absolute atomic E-state index is 0.321. The van der Waals surface area contributed by atoms with E-state index in [1.165, 1.54) is 0 Å². The Kier molecular flexibility index (Phi) is 3.32. The highest BCUT2D eigenvalue weighted by molar-refractivity contribution is 6.34. The Morgan fingerprint density at radius 1 is 1.43 bits per heavy atom. The van der Waals surface area contributed by atoms with E-state index in [1.54, 1.807) is 0 Å². The van der Waals surface area contributed by atoms with Gasteiger partial charge in [-0.15, -0.1) is 0 Å². The number of benzene rings is 1. The molecule has 0 aliphatic carbocycles. The number of ether oxygens (including phenoxy) is 1. The molecule has 14 heavy (non-hydrogen) atoms. The fourth-order valence-electron chi connectivity index (χ4n) is 1.68. The predicted octanol–water partition coefficient (Wildman–Crippen LogP) is 3.52. The van der Waals surface area contributed by atoms with Crippen LogP contribution in [0, 0.1) is 6.07 Å². The third kappa shape index (κ3) is 2.41. The van der Waals surface area contributed by atoms with Crippen molar-refractivity contribution >= 4 is 23.2 Å². The van der Waals surface area contributed by atoms with Crippen molar-refractivity contribution < 1.29 is 4.74 Å². The van der Waals surface area contributed by atoms with Gasteiger partial charge >= 0.3 is 0 Å². The molecule has 0 aromatic heterocycles. The molecule has 1 heterocycles. The van der Waals surface area contributed by atoms with Crippen LogP contribution in [0.3, 0.4) is 0 Å². The summed E-state index contributed by atoms with van der Waals surface area (Å²) < 4.78 is 5.54. The van der Waals surface area contributed by atoms with Gasteiger partial charge in [0.1, 0.15) is 0 Å². The lowest BCUT2D eigenvalue weighted by Crippen LogP contribution is -2.09. The van der Waals surface area contributed by atoms with Crippen molar-refractivity contribution in [3.63, 3.8) is 0 Å². The first-order valence-corrected chi connectivity index (χ1v) is 5.49. The van der Waals surface area contributed by atoms with Gasteiger partial charge in [-0.3, -0.25) is 0 Å². The zero-order chi connectivity index (χ0) is 9.97. The van der Waals surface area contributed by atoms with E-state index in [0.717, 1.165) is 31.4 Å². The van der Waals surface area contributed by atoms with Crippen molar-refractivity contribution in [2.24, 2.45) is 0 Å². The first-order chi connectivity index (χ1) is 6.75. The molecule has 75 valence electrons. The highest BCUT2D eigenvalue weighted by atomic mass is 35.5. The van der Waals surface area contributed by atoms with Gasteiger partial charge in [-0.05, 0) is 24.5 Å². The Morgan fingerprint density at radius 2 is 2.29 bits per heavy atom. The maximum Gasteiger partial charge on any atom is 0.0616 e. The monoisotopic (exact) mass is 229 g/mol. The zero-order valence-electron chi connectivity index (χ0n) is 7.72. The van der Waals surface area contributed by atoms with Crippen LogP contribution in [0.15, 0.2) is 12.1 Å². The molecule has 0 bridgehead atoms. The van der Waals surface area contributed by atoms with E-state index in [0.29, 0.717) is 16.1 Å². The molecule has 1 radical (unpaired) electrons. The van der Waals surface area contributed by atoms with Crippen LogP contribution in [0.4, 0.5) is 0 Å². The standard InChI is InChI=1S/C11H11Cl2O/c12-9-4-3-8(11(13)7-9)6-10-2-1-5-14-10/h3-4,10H,1-2,5-6H2. The van der Waals surface area contributed by atoms with Crippen LogP contribution < -0.4 is 0 Å². The second-order valence-corrected chi connectivity index (χ2v) is 4.27. The Hall–Kier alpha value is -0.240. The number of halogens is 2. The number of hydrogen-bond donors (Lipinski definition) is 0. The largest absolute Gasteiger partial charge is 0.378 e. The molecule has 1 aromatic carbocycles. The van der Waals surface area contributed by atoms with Crippen LogP contribution in [0.1, 0.15) is 18.4 Å². The molecule has 1 aromatic rings. The maximum atomic E-state index is 6.01. The summed E-state index contributed by atoms with van der Waals surface area (Å²) >= 11 is 11.8. The van der Waals surface area contributed by atoms with Crippen molar-refractivity contribution in [2.75, 3.05) is 6.61 Å². The summed E-state index contributed by atoms with van der Waals surface area (Å²) in [7, 11) is 0. The van der Waals surface area contributed by atoms with Crippen molar-refractivity contribution in [1.82, 2.24) is 0 Å². The average Bonchev–Trinajstić information content (AvgIpc) is 2.62. The fraction of sp³-hybridized carbons (Fsp3) is 0.455. The van der Waals surface area contributed by atoms with Crippen LogP contribution >= 0.6 is 23.2 Å². The van der Waals surface area contributed by atoms with Crippen LogP contribution in [-0.4, -0.2) is 12.7 Å². The topological polar surface area (TPSA) is 9.23 Å². The summed E-state index contributed by atoms with van der Waals surface area (Å²) in [5.41, 5.74) is 1.07. The van der Waals surface area contributed by atoms with Gasteiger partial charge in [-0.2, -0.15) is 0 Å². The Balaban J connectivity index is 2.08. The average molecular weight is 230 g/mol. The van der Waals surface area contributed by atoms with E-state index < -0.39 is 0 Å². The normalized spacial score (nSPS) is 21.4. The van der Waals surface area contributed by atoms with E-state index in [2.05, 4.69) is 6.07 Å². The maximum absolute atomic E-state index is 6.01. The highest BCUT2D eigenvalue weighted by Gasteiger charge is 2.17. The minimum Gasteiger partial charge on any atom is -0.378 e. The molecule has 1 saturated heterocycles. The second kappa shape index (κ2) is 4.52. The van der Waals surface area contributed by atoms with E-state index >= 15 is 0 Å². The number of rotatable bonds is 2. The molecule has 1 nitrogen and oxygen atoms in total. The second-order valence-electron chi connectivity index (χ2n) is 3.48. The van der Waals surface area contributed by atoms with Crippen LogP contribution in [0.25, 0.3) is 0 Å². The molecule has 0 saturated carbocycles. The van der Waals surface area contributed by atoms with E-state index in [4.69, 9.17) is 27.9 Å². The molecule has 0 spiro atoms. The quantitative estimate of drug-likeness (QED) is 0.755. The van der Waals surface area contributed by atoms with Gasteiger partial charge in [0, 0.05) is 19.1 Å². The minimum atomic E-state index is 0.321. The summed E-state index contributed by atoms with van der Waals surface area (Å²) in [5, 5.41) is 1.18. The molecule has 1 aliphatic heterocycles. The SMILES string of the molecule is Clc1[c]c(Cl)c(CC2CCCO2)cc1. The van der Waals surface area contributed by atoms with E-state index in [1.807, 2.05) is 12.1 Å². The van der Waals surface area contributed by atoms with Crippen molar-refractivity contribution in [1.29, 1.82) is 0 Å². The van der Waals surface area contributed by atoms with Crippen molar-refractivity contribution in [3.8, 4) is 0 Å². The molecular weight excluding hydrogens is 219 g/mol. The summed E-state index contributed by atoms with van der Waals surface area (Å²) in [6.45, 7) is 0.875. The zero-order valence-corrected chi connectivity index (χ0v) is 9.24. The third-order valence-corrected chi connectivity index (χ3v) is 2.97. The molecule has 1 unspecified atom stereocenters. The molecule has 1 fully saturated rings. The summed E-state index contributed by atoms with van der Waals surface area (Å²) in [6.07, 6.45) is 3.47. The van der Waals surface area contributed by atoms with Gasteiger partial charge in [0.25, 0.3) is 0 Å². The van der Waals surface area contributed by atoms with Gasteiger partial charge in [0.2, 0.25) is 0 Å². The molecule has 0 amide bonds. The summed E-state index contributed by atoms with van der Waals surface area (Å²) in [4.78, 5) is 0. The van der Waals surface area contributed by atoms with E-state index in [9.17, 15) is 0 Å². The molecule has 2 rings (SSSR count). The lowest BCUT2D eigenvalue weighted by Gasteiger charge is -2.10. The van der Waals surface area contributed by atoms with Gasteiger partial charge in [-0.1, -0.05) is 29.3 Å². The molecular formula is C11H11Cl2O. The highest BCUT2D eigenvalue weighted by Crippen LogP contribution is 2.24. The van der Waals surface area contributed by atoms with Crippen LogP contribution in [0.5, 0.6) is 0 Å². The Bertz CT molecular complexity index is 319. The van der Waals surface area contributed by atoms with Gasteiger partial charge in [0.05, 0.1) is 16.1 Å². The summed E-state index contributed by atoms with van der Waals surface area (Å²) in [6, 6.07) is 6.65. The van der Waals surface area contributed by atoms with Gasteiger partial charge in [-0.25, -0.2) is 0 Å². The Labute approximate surface area is 94.0 Å². The van der Waals surface area contributed by atoms with Crippen molar-refractivity contribution in [3.05, 3.63) is 33.8 Å². The van der Waals surface area contributed by atoms with Gasteiger partial charge in [0.15, 0.2) is 0 Å². The van der Waals surface area contributed by atoms with E-state index in [-0.39, 0.29) is 0 Å². The van der Waals surface area contributed by atoms with Crippen LogP contribution in [-0.2, 0) is 11.2 Å². The Morgan fingerprint density at radius 3 is 2.93 bits per heavy atom. The lowest BCUT2D eigenvalue weighted by atomic mass is 10.1. The first kappa shape index (κ1) is 10.3. The first-order valence-electron chi connectivity index (χ1n) is 4.73. The molecule has 1 aliphatic rings. The number of hydrogen-bond acceptors (Lipinski definition) is 1. The molecule has 0 N–H and O–H groups in total. The fourth-order valence-corrected chi connectivity index (χ4v) is 2.13. The van der Waals surface area contributed by atoms with Gasteiger partial charge < -0.3 is 4.74 Å². The van der Waals surface area contributed by atoms with Crippen molar-refractivity contribution in [2.45, 2.75) is 25.4 Å². The molecule has 1 atom stereocenters. The van der Waals surface area contributed by atoms with Crippen LogP contribution in [0.2, 0.25) is 10.0 Å². The summed E-state index contributed by atoms with van der Waals surface area (Å²) in [5.74, 6) is 0.